The minimum absolute atomic E-state index is 0.0428. The quantitative estimate of drug-likeness (QED) is 0.816. The van der Waals surface area contributed by atoms with Crippen molar-refractivity contribution in [3.63, 3.8) is 0 Å². The molecule has 2 N–H and O–H groups in total. The molecule has 92 valence electrons. The minimum Gasteiger partial charge on any atom is -0.507 e. The summed E-state index contributed by atoms with van der Waals surface area (Å²) in [4.78, 5) is 19.5. The Morgan fingerprint density at radius 1 is 1.39 bits per heavy atom. The molecule has 1 heterocycles. The third-order valence-electron chi connectivity index (χ3n) is 2.26. The number of hydrogen-bond acceptors (Lipinski definition) is 4. The number of carbonyl (C=O) groups excluding carboxylic acids is 1. The predicted molar refractivity (Wildman–Crippen MR) is 67.8 cm³/mol. The van der Waals surface area contributed by atoms with E-state index in [0.29, 0.717) is 0 Å². The van der Waals surface area contributed by atoms with E-state index in [9.17, 15) is 9.90 Å². The van der Waals surface area contributed by atoms with Gasteiger partial charge in [0.2, 0.25) is 5.28 Å². The molecular weight excluding hydrogens is 254 g/mol. The van der Waals surface area contributed by atoms with Crippen molar-refractivity contribution in [3.8, 4) is 5.75 Å². The van der Waals surface area contributed by atoms with Gasteiger partial charge in [0.25, 0.3) is 5.91 Å². The third kappa shape index (κ3) is 2.75. The Kier molecular flexibility index (Phi) is 3.43. The molecule has 0 unspecified atom stereocenters. The van der Waals surface area contributed by atoms with Crippen molar-refractivity contribution in [2.45, 2.75) is 6.92 Å². The second-order valence-electron chi connectivity index (χ2n) is 3.69. The van der Waals surface area contributed by atoms with Gasteiger partial charge in [0.15, 0.2) is 0 Å². The van der Waals surface area contributed by atoms with Crippen LogP contribution in [0.5, 0.6) is 5.75 Å². The number of nitrogens with zero attached hydrogens (tertiary/aromatic N) is 2. The van der Waals surface area contributed by atoms with Gasteiger partial charge in [-0.2, -0.15) is 0 Å². The van der Waals surface area contributed by atoms with E-state index in [2.05, 4.69) is 15.3 Å². The number of hydrogen-bond donors (Lipinski definition) is 2. The van der Waals surface area contributed by atoms with Crippen LogP contribution >= 0.6 is 11.6 Å². The van der Waals surface area contributed by atoms with E-state index in [0.717, 1.165) is 5.56 Å². The summed E-state index contributed by atoms with van der Waals surface area (Å²) in [5.74, 6) is -0.259. The van der Waals surface area contributed by atoms with E-state index < -0.39 is 5.91 Å². The molecule has 0 bridgehead atoms. The molecule has 0 radical (unpaired) electrons. The lowest BCUT2D eigenvalue weighted by Crippen LogP contribution is -2.13. The van der Waals surface area contributed by atoms with Gasteiger partial charge in [0.05, 0.1) is 5.56 Å². The van der Waals surface area contributed by atoms with Crippen LogP contribution in [0.25, 0.3) is 0 Å². The molecule has 0 aliphatic carbocycles. The number of halogens is 1. The average Bonchev–Trinajstić information content (AvgIpc) is 2.32. The summed E-state index contributed by atoms with van der Waals surface area (Å²) < 4.78 is 0. The Balaban J connectivity index is 2.24. The molecular formula is C12H10ClN3O2. The monoisotopic (exact) mass is 263 g/mol. The van der Waals surface area contributed by atoms with E-state index in [1.165, 1.54) is 18.3 Å². The van der Waals surface area contributed by atoms with Crippen LogP contribution in [0.4, 0.5) is 5.82 Å². The SMILES string of the molecule is Cc1ccc(O)c(C(=O)Nc2ccnc(Cl)n2)c1. The summed E-state index contributed by atoms with van der Waals surface area (Å²) in [5.41, 5.74) is 1.06. The zero-order chi connectivity index (χ0) is 13.1. The molecule has 0 aliphatic heterocycles. The van der Waals surface area contributed by atoms with Crippen LogP contribution in [0.2, 0.25) is 5.28 Å². The standard InChI is InChI=1S/C12H10ClN3O2/c1-7-2-3-9(17)8(6-7)11(18)15-10-4-5-14-12(13)16-10/h2-6,17H,1H3,(H,14,15,16,18). The highest BCUT2D eigenvalue weighted by Crippen LogP contribution is 2.19. The third-order valence-corrected chi connectivity index (χ3v) is 2.45. The Morgan fingerprint density at radius 3 is 2.89 bits per heavy atom. The molecule has 2 aromatic rings. The van der Waals surface area contributed by atoms with Crippen molar-refractivity contribution in [1.29, 1.82) is 0 Å². The molecule has 0 aliphatic rings. The first-order valence-corrected chi connectivity index (χ1v) is 5.53. The first kappa shape index (κ1) is 12.3. The number of aromatic hydroxyl groups is 1. The van der Waals surface area contributed by atoms with Crippen molar-refractivity contribution in [3.05, 3.63) is 46.9 Å². The van der Waals surface area contributed by atoms with Gasteiger partial charge >= 0.3 is 0 Å². The van der Waals surface area contributed by atoms with Crippen molar-refractivity contribution >= 4 is 23.3 Å². The fourth-order valence-corrected chi connectivity index (χ4v) is 1.57. The second-order valence-corrected chi connectivity index (χ2v) is 4.02. The largest absolute Gasteiger partial charge is 0.507 e. The summed E-state index contributed by atoms with van der Waals surface area (Å²) in [6.07, 6.45) is 1.43. The molecule has 5 nitrogen and oxygen atoms in total. The number of phenols is 1. The smallest absolute Gasteiger partial charge is 0.260 e. The highest BCUT2D eigenvalue weighted by atomic mass is 35.5. The number of carbonyl (C=O) groups is 1. The summed E-state index contributed by atoms with van der Waals surface area (Å²) in [6, 6.07) is 6.29. The highest BCUT2D eigenvalue weighted by Gasteiger charge is 2.12. The van der Waals surface area contributed by atoms with Crippen LogP contribution in [0.3, 0.4) is 0 Å². The Morgan fingerprint density at radius 2 is 2.17 bits per heavy atom. The number of anilines is 1. The second kappa shape index (κ2) is 5.01. The van der Waals surface area contributed by atoms with Crippen LogP contribution in [-0.2, 0) is 0 Å². The number of benzene rings is 1. The fourth-order valence-electron chi connectivity index (χ4n) is 1.42. The van der Waals surface area contributed by atoms with Gasteiger partial charge in [-0.1, -0.05) is 11.6 Å². The van der Waals surface area contributed by atoms with Gasteiger partial charge in [-0.3, -0.25) is 4.79 Å². The normalized spacial score (nSPS) is 10.1. The zero-order valence-corrected chi connectivity index (χ0v) is 10.3. The van der Waals surface area contributed by atoms with E-state index in [1.54, 1.807) is 12.1 Å². The summed E-state index contributed by atoms with van der Waals surface area (Å²) in [5, 5.41) is 12.2. The summed E-state index contributed by atoms with van der Waals surface area (Å²) in [6.45, 7) is 1.83. The van der Waals surface area contributed by atoms with Crippen LogP contribution < -0.4 is 5.32 Å². The molecule has 0 saturated carbocycles. The molecule has 0 saturated heterocycles. The first-order chi connectivity index (χ1) is 8.56. The van der Waals surface area contributed by atoms with Gasteiger partial charge in [-0.05, 0) is 36.7 Å². The number of aromatic nitrogens is 2. The van der Waals surface area contributed by atoms with E-state index in [4.69, 9.17) is 11.6 Å². The topological polar surface area (TPSA) is 75.1 Å². The van der Waals surface area contributed by atoms with Crippen LogP contribution in [-0.4, -0.2) is 21.0 Å². The molecule has 0 fully saturated rings. The molecule has 0 spiro atoms. The van der Waals surface area contributed by atoms with Gasteiger partial charge < -0.3 is 10.4 Å². The molecule has 1 aromatic carbocycles. The van der Waals surface area contributed by atoms with Gasteiger partial charge in [-0.15, -0.1) is 0 Å². The number of phenolic OH excluding ortho intramolecular Hbond substituents is 1. The molecule has 1 aromatic heterocycles. The average molecular weight is 264 g/mol. The fraction of sp³-hybridized carbons (Fsp3) is 0.0833. The van der Waals surface area contributed by atoms with Gasteiger partial charge in [0, 0.05) is 6.20 Å². The van der Waals surface area contributed by atoms with E-state index in [1.807, 2.05) is 6.92 Å². The Labute approximate surface area is 108 Å². The number of amides is 1. The van der Waals surface area contributed by atoms with Crippen molar-refractivity contribution in [2.75, 3.05) is 5.32 Å². The van der Waals surface area contributed by atoms with Crippen molar-refractivity contribution in [1.82, 2.24) is 9.97 Å². The van der Waals surface area contributed by atoms with Crippen molar-refractivity contribution in [2.24, 2.45) is 0 Å². The lowest BCUT2D eigenvalue weighted by Gasteiger charge is -2.06. The molecule has 1 amide bonds. The Bertz CT molecular complexity index is 602. The maximum absolute atomic E-state index is 11.9. The lowest BCUT2D eigenvalue weighted by molar-refractivity contribution is 0.102. The van der Waals surface area contributed by atoms with E-state index >= 15 is 0 Å². The maximum atomic E-state index is 11.9. The number of aryl methyl sites for hydroxylation is 1. The predicted octanol–water partition coefficient (Wildman–Crippen LogP) is 2.40. The highest BCUT2D eigenvalue weighted by molar-refractivity contribution is 6.28. The van der Waals surface area contributed by atoms with Gasteiger partial charge in [0.1, 0.15) is 11.6 Å². The number of nitrogens with one attached hydrogen (secondary N) is 1. The summed E-state index contributed by atoms with van der Waals surface area (Å²) >= 11 is 5.61. The lowest BCUT2D eigenvalue weighted by atomic mass is 10.1. The Hall–Kier alpha value is -2.14. The van der Waals surface area contributed by atoms with E-state index in [-0.39, 0.29) is 22.4 Å². The maximum Gasteiger partial charge on any atom is 0.260 e. The minimum atomic E-state index is -0.453. The van der Waals surface area contributed by atoms with Crippen LogP contribution in [0, 0.1) is 6.92 Å². The van der Waals surface area contributed by atoms with Gasteiger partial charge in [-0.25, -0.2) is 9.97 Å². The van der Waals surface area contributed by atoms with Crippen molar-refractivity contribution < 1.29 is 9.90 Å². The molecule has 6 heteroatoms. The molecule has 18 heavy (non-hydrogen) atoms. The molecule has 2 rings (SSSR count). The molecule has 0 atom stereocenters. The first-order valence-electron chi connectivity index (χ1n) is 5.16. The number of rotatable bonds is 2. The van der Waals surface area contributed by atoms with Crippen LogP contribution in [0.1, 0.15) is 15.9 Å². The zero-order valence-electron chi connectivity index (χ0n) is 9.51. The van der Waals surface area contributed by atoms with Crippen LogP contribution in [0.15, 0.2) is 30.5 Å². The summed E-state index contributed by atoms with van der Waals surface area (Å²) in [7, 11) is 0.